The number of carbonyl (C=O) groups excluding carboxylic acids is 2. The van der Waals surface area contributed by atoms with E-state index in [9.17, 15) is 14.0 Å². The molecule has 120 valence electrons. The van der Waals surface area contributed by atoms with Crippen molar-refractivity contribution in [1.82, 2.24) is 5.32 Å². The molecule has 0 heterocycles. The van der Waals surface area contributed by atoms with Gasteiger partial charge in [0.2, 0.25) is 0 Å². The number of hydrogen-bond acceptors (Lipinski definition) is 4. The van der Waals surface area contributed by atoms with Crippen molar-refractivity contribution in [1.29, 1.82) is 0 Å². The minimum absolute atomic E-state index is 0.0234. The second-order valence-corrected chi connectivity index (χ2v) is 5.01. The van der Waals surface area contributed by atoms with Gasteiger partial charge in [-0.3, -0.25) is 4.79 Å². The Morgan fingerprint density at radius 3 is 2.57 bits per heavy atom. The summed E-state index contributed by atoms with van der Waals surface area (Å²) in [7, 11) is 0. The van der Waals surface area contributed by atoms with Crippen LogP contribution in [0.2, 0.25) is 0 Å². The number of rotatable bonds is 5. The maximum Gasteiger partial charge on any atom is 0.340 e. The number of carbonyl (C=O) groups is 2. The normalized spacial score (nSPS) is 11.6. The number of hydrogen-bond donors (Lipinski definition) is 2. The van der Waals surface area contributed by atoms with Crippen molar-refractivity contribution in [3.63, 3.8) is 0 Å². The molecular weight excluding hydrogens is 299 g/mol. The molecule has 0 bridgehead atoms. The fourth-order valence-electron chi connectivity index (χ4n) is 2.04. The van der Waals surface area contributed by atoms with Crippen LogP contribution in [0.5, 0.6) is 0 Å². The fraction of sp³-hybridized carbons (Fsp3) is 0.176. The van der Waals surface area contributed by atoms with E-state index in [1.807, 2.05) is 37.3 Å². The first-order valence-corrected chi connectivity index (χ1v) is 7.04. The molecule has 0 fully saturated rings. The molecule has 0 aliphatic rings. The van der Waals surface area contributed by atoms with Crippen LogP contribution < -0.4 is 11.1 Å². The summed E-state index contributed by atoms with van der Waals surface area (Å²) in [6.07, 6.45) is 0. The average Bonchev–Trinajstić information content (AvgIpc) is 2.53. The van der Waals surface area contributed by atoms with E-state index in [1.54, 1.807) is 0 Å². The van der Waals surface area contributed by atoms with E-state index >= 15 is 0 Å². The molecular formula is C17H17FN2O3. The number of anilines is 1. The highest BCUT2D eigenvalue weighted by Gasteiger charge is 2.15. The third-order valence-corrected chi connectivity index (χ3v) is 3.24. The number of amides is 1. The highest BCUT2D eigenvalue weighted by Crippen LogP contribution is 2.15. The Kier molecular flexibility index (Phi) is 5.30. The molecule has 2 aromatic rings. The topological polar surface area (TPSA) is 81.4 Å². The second kappa shape index (κ2) is 7.40. The van der Waals surface area contributed by atoms with Crippen LogP contribution in [-0.4, -0.2) is 18.5 Å². The van der Waals surface area contributed by atoms with Crippen molar-refractivity contribution in [2.24, 2.45) is 0 Å². The van der Waals surface area contributed by atoms with Gasteiger partial charge in [-0.25, -0.2) is 9.18 Å². The Morgan fingerprint density at radius 1 is 1.22 bits per heavy atom. The zero-order chi connectivity index (χ0) is 16.8. The maximum absolute atomic E-state index is 12.9. The smallest absolute Gasteiger partial charge is 0.340 e. The SMILES string of the molecule is CC(NC(=O)COC(=O)c1ccc(F)cc1N)c1ccccc1. The van der Waals surface area contributed by atoms with Gasteiger partial charge in [0.25, 0.3) is 5.91 Å². The molecule has 0 aromatic heterocycles. The van der Waals surface area contributed by atoms with Crippen LogP contribution >= 0.6 is 0 Å². The fourth-order valence-corrected chi connectivity index (χ4v) is 2.04. The molecule has 0 radical (unpaired) electrons. The zero-order valence-electron chi connectivity index (χ0n) is 12.6. The molecule has 0 aliphatic carbocycles. The summed E-state index contributed by atoms with van der Waals surface area (Å²) in [5.74, 6) is -1.76. The van der Waals surface area contributed by atoms with Gasteiger partial charge in [-0.1, -0.05) is 30.3 Å². The van der Waals surface area contributed by atoms with E-state index < -0.39 is 24.3 Å². The first-order chi connectivity index (χ1) is 11.0. The summed E-state index contributed by atoms with van der Waals surface area (Å²) < 4.78 is 17.8. The third kappa shape index (κ3) is 4.54. The molecule has 0 saturated carbocycles. The lowest BCUT2D eigenvalue weighted by Gasteiger charge is -2.14. The molecule has 2 rings (SSSR count). The minimum atomic E-state index is -0.773. The number of nitrogens with one attached hydrogen (secondary N) is 1. The lowest BCUT2D eigenvalue weighted by atomic mass is 10.1. The van der Waals surface area contributed by atoms with Crippen molar-refractivity contribution < 1.29 is 18.7 Å². The van der Waals surface area contributed by atoms with Crippen molar-refractivity contribution in [3.8, 4) is 0 Å². The second-order valence-electron chi connectivity index (χ2n) is 5.01. The van der Waals surface area contributed by atoms with Crippen LogP contribution in [-0.2, 0) is 9.53 Å². The van der Waals surface area contributed by atoms with Gasteiger partial charge >= 0.3 is 5.97 Å². The van der Waals surface area contributed by atoms with E-state index in [0.717, 1.165) is 17.7 Å². The van der Waals surface area contributed by atoms with Crippen molar-refractivity contribution in [2.75, 3.05) is 12.3 Å². The molecule has 0 saturated heterocycles. The van der Waals surface area contributed by atoms with Crippen molar-refractivity contribution in [3.05, 3.63) is 65.5 Å². The van der Waals surface area contributed by atoms with Crippen LogP contribution in [0.4, 0.5) is 10.1 Å². The predicted octanol–water partition coefficient (Wildman–Crippen LogP) is 2.44. The van der Waals surface area contributed by atoms with E-state index in [1.165, 1.54) is 6.07 Å². The number of nitrogens with two attached hydrogens (primary N) is 1. The number of halogens is 1. The van der Waals surface area contributed by atoms with Crippen molar-refractivity contribution >= 4 is 17.6 Å². The highest BCUT2D eigenvalue weighted by atomic mass is 19.1. The van der Waals surface area contributed by atoms with Gasteiger partial charge in [-0.05, 0) is 30.7 Å². The Labute approximate surface area is 133 Å². The summed E-state index contributed by atoms with van der Waals surface area (Å²) in [5, 5.41) is 2.72. The molecule has 6 heteroatoms. The maximum atomic E-state index is 12.9. The molecule has 1 atom stereocenters. The lowest BCUT2D eigenvalue weighted by Crippen LogP contribution is -2.31. The Balaban J connectivity index is 1.88. The number of nitrogen functional groups attached to an aromatic ring is 1. The van der Waals surface area contributed by atoms with Gasteiger partial charge in [0.1, 0.15) is 5.82 Å². The van der Waals surface area contributed by atoms with E-state index in [4.69, 9.17) is 10.5 Å². The number of ether oxygens (including phenoxy) is 1. The van der Waals surface area contributed by atoms with Gasteiger partial charge in [-0.15, -0.1) is 0 Å². The zero-order valence-corrected chi connectivity index (χ0v) is 12.6. The van der Waals surface area contributed by atoms with E-state index in [-0.39, 0.29) is 17.3 Å². The van der Waals surface area contributed by atoms with Crippen molar-refractivity contribution in [2.45, 2.75) is 13.0 Å². The monoisotopic (exact) mass is 316 g/mol. The number of benzene rings is 2. The minimum Gasteiger partial charge on any atom is -0.452 e. The Bertz CT molecular complexity index is 704. The summed E-state index contributed by atoms with van der Waals surface area (Å²) in [6.45, 7) is 1.39. The Hall–Kier alpha value is -2.89. The predicted molar refractivity (Wildman–Crippen MR) is 84.1 cm³/mol. The van der Waals surface area contributed by atoms with Crippen LogP contribution in [0.15, 0.2) is 48.5 Å². The molecule has 0 spiro atoms. The molecule has 23 heavy (non-hydrogen) atoms. The Morgan fingerprint density at radius 2 is 1.91 bits per heavy atom. The van der Waals surface area contributed by atoms with Gasteiger partial charge < -0.3 is 15.8 Å². The summed E-state index contributed by atoms with van der Waals surface area (Å²) >= 11 is 0. The van der Waals surface area contributed by atoms with E-state index in [0.29, 0.717) is 0 Å². The van der Waals surface area contributed by atoms with Gasteiger partial charge in [0.05, 0.1) is 11.6 Å². The van der Waals surface area contributed by atoms with Crippen LogP contribution in [0.25, 0.3) is 0 Å². The third-order valence-electron chi connectivity index (χ3n) is 3.24. The van der Waals surface area contributed by atoms with Crippen LogP contribution in [0.1, 0.15) is 28.9 Å². The summed E-state index contributed by atoms with van der Waals surface area (Å²) in [5.41, 5.74) is 6.47. The first kappa shape index (κ1) is 16.5. The largest absolute Gasteiger partial charge is 0.452 e. The molecule has 1 unspecified atom stereocenters. The molecule has 0 aliphatic heterocycles. The average molecular weight is 316 g/mol. The summed E-state index contributed by atoms with van der Waals surface area (Å²) in [4.78, 5) is 23.7. The first-order valence-electron chi connectivity index (χ1n) is 7.04. The molecule has 1 amide bonds. The molecule has 3 N–H and O–H groups in total. The quantitative estimate of drug-likeness (QED) is 0.656. The molecule has 5 nitrogen and oxygen atoms in total. The van der Waals surface area contributed by atoms with E-state index in [2.05, 4.69) is 5.32 Å². The summed E-state index contributed by atoms with van der Waals surface area (Å²) in [6, 6.07) is 12.5. The van der Waals surface area contributed by atoms with Gasteiger partial charge in [0, 0.05) is 5.69 Å². The van der Waals surface area contributed by atoms with Gasteiger partial charge in [-0.2, -0.15) is 0 Å². The van der Waals surface area contributed by atoms with Gasteiger partial charge in [0.15, 0.2) is 6.61 Å². The lowest BCUT2D eigenvalue weighted by molar-refractivity contribution is -0.124. The molecule has 2 aromatic carbocycles. The number of esters is 1. The van der Waals surface area contributed by atoms with Crippen LogP contribution in [0, 0.1) is 5.82 Å². The van der Waals surface area contributed by atoms with Crippen LogP contribution in [0.3, 0.4) is 0 Å². The standard InChI is InChI=1S/C17H17FN2O3/c1-11(12-5-3-2-4-6-12)20-16(21)10-23-17(22)14-8-7-13(18)9-15(14)19/h2-9,11H,10,19H2,1H3,(H,20,21). The highest BCUT2D eigenvalue weighted by molar-refractivity contribution is 5.96.